The van der Waals surface area contributed by atoms with Gasteiger partial charge in [-0.05, 0) is 19.6 Å². The van der Waals surface area contributed by atoms with Gasteiger partial charge in [0.1, 0.15) is 0 Å². The summed E-state index contributed by atoms with van der Waals surface area (Å²) in [4.78, 5) is 4.06. The van der Waals surface area contributed by atoms with Crippen LogP contribution in [0.2, 0.25) is 0 Å². The first-order valence-electron chi connectivity index (χ1n) is 3.51. The fourth-order valence-corrected chi connectivity index (χ4v) is 1.03. The second kappa shape index (κ2) is 5.59. The van der Waals surface area contributed by atoms with Crippen LogP contribution in [0.3, 0.4) is 0 Å². The largest absolute Gasteiger partial charge is 0.363 e. The molecule has 60 valence electrons. The molecule has 0 rings (SSSR count). The molecule has 3 heteroatoms. The summed E-state index contributed by atoms with van der Waals surface area (Å²) >= 11 is 1.65. The molecule has 10 heavy (non-hydrogen) atoms. The third-order valence-electron chi connectivity index (χ3n) is 1.38. The molecule has 0 amide bonds. The van der Waals surface area contributed by atoms with Gasteiger partial charge in [-0.3, -0.25) is 4.99 Å². The van der Waals surface area contributed by atoms with Gasteiger partial charge in [-0.1, -0.05) is 18.7 Å². The number of thioether (sulfide) groups is 1. The molecular formula is C7H16N2S. The normalized spacial score (nSPS) is 15.0. The first kappa shape index (κ1) is 9.82. The highest BCUT2D eigenvalue weighted by Gasteiger charge is 1.99. The minimum Gasteiger partial charge on any atom is -0.363 e. The summed E-state index contributed by atoms with van der Waals surface area (Å²) < 4.78 is 0. The van der Waals surface area contributed by atoms with E-state index in [0.717, 1.165) is 11.6 Å². The Labute approximate surface area is 67.5 Å². The monoisotopic (exact) mass is 160 g/mol. The molecule has 1 unspecified atom stereocenters. The molecule has 0 aromatic heterocycles. The molecule has 0 spiro atoms. The van der Waals surface area contributed by atoms with Crippen molar-refractivity contribution in [3.05, 3.63) is 0 Å². The lowest BCUT2D eigenvalue weighted by Gasteiger charge is -2.12. The van der Waals surface area contributed by atoms with Crippen LogP contribution in [0.1, 0.15) is 20.3 Å². The van der Waals surface area contributed by atoms with Crippen molar-refractivity contribution in [1.82, 2.24) is 5.32 Å². The Kier molecular flexibility index (Phi) is 5.49. The van der Waals surface area contributed by atoms with Gasteiger partial charge in [-0.25, -0.2) is 0 Å². The van der Waals surface area contributed by atoms with Crippen molar-refractivity contribution in [3.8, 4) is 0 Å². The lowest BCUT2D eigenvalue weighted by Crippen LogP contribution is -2.29. The molecule has 0 fully saturated rings. The number of rotatable bonds is 2. The number of aliphatic imine (C=N–C) groups is 1. The summed E-state index contributed by atoms with van der Waals surface area (Å²) in [7, 11) is 1.81. The molecule has 0 saturated carbocycles. The first-order chi connectivity index (χ1) is 4.74. The van der Waals surface area contributed by atoms with Crippen molar-refractivity contribution in [2.45, 2.75) is 26.3 Å². The summed E-state index contributed by atoms with van der Waals surface area (Å²) in [5, 5.41) is 4.30. The van der Waals surface area contributed by atoms with Crippen LogP contribution in [0.4, 0.5) is 0 Å². The maximum absolute atomic E-state index is 4.06. The third kappa shape index (κ3) is 3.77. The topological polar surface area (TPSA) is 24.4 Å². The van der Waals surface area contributed by atoms with E-state index in [1.165, 1.54) is 0 Å². The third-order valence-corrected chi connectivity index (χ3v) is 2.07. The SMILES string of the molecule is CCC(C)NC(=NC)SC. The van der Waals surface area contributed by atoms with E-state index in [2.05, 4.69) is 24.2 Å². The van der Waals surface area contributed by atoms with Crippen LogP contribution in [0, 0.1) is 0 Å². The van der Waals surface area contributed by atoms with Gasteiger partial charge in [0.05, 0.1) is 0 Å². The van der Waals surface area contributed by atoms with Gasteiger partial charge in [0, 0.05) is 13.1 Å². The Balaban J connectivity index is 3.64. The molecule has 0 saturated heterocycles. The minimum atomic E-state index is 0.533. The minimum absolute atomic E-state index is 0.533. The molecule has 0 aromatic rings. The number of hydrogen-bond donors (Lipinski definition) is 1. The summed E-state index contributed by atoms with van der Waals surface area (Å²) in [6.45, 7) is 4.31. The molecule has 0 aliphatic carbocycles. The highest BCUT2D eigenvalue weighted by molar-refractivity contribution is 8.13. The Bertz CT molecular complexity index is 112. The fourth-order valence-electron chi connectivity index (χ4n) is 0.528. The zero-order chi connectivity index (χ0) is 7.98. The average Bonchev–Trinajstić information content (AvgIpc) is 1.99. The number of hydrogen-bond acceptors (Lipinski definition) is 2. The molecular weight excluding hydrogens is 144 g/mol. The predicted octanol–water partition coefficient (Wildman–Crippen LogP) is 1.72. The molecule has 0 radical (unpaired) electrons. The van der Waals surface area contributed by atoms with Crippen LogP contribution in [0.25, 0.3) is 0 Å². The molecule has 0 aliphatic heterocycles. The van der Waals surface area contributed by atoms with Gasteiger partial charge in [0.25, 0.3) is 0 Å². The molecule has 0 heterocycles. The number of nitrogens with zero attached hydrogens (tertiary/aromatic N) is 1. The zero-order valence-electron chi connectivity index (χ0n) is 7.14. The van der Waals surface area contributed by atoms with E-state index in [0.29, 0.717) is 6.04 Å². The van der Waals surface area contributed by atoms with Crippen LogP contribution in [0.15, 0.2) is 4.99 Å². The van der Waals surface area contributed by atoms with Crippen LogP contribution in [0.5, 0.6) is 0 Å². The quantitative estimate of drug-likeness (QED) is 0.491. The average molecular weight is 160 g/mol. The van der Waals surface area contributed by atoms with Crippen molar-refractivity contribution in [2.75, 3.05) is 13.3 Å². The van der Waals surface area contributed by atoms with Crippen molar-refractivity contribution in [3.63, 3.8) is 0 Å². The number of amidine groups is 1. The second-order valence-corrected chi connectivity index (χ2v) is 2.98. The van der Waals surface area contributed by atoms with Crippen molar-refractivity contribution >= 4 is 16.9 Å². The lowest BCUT2D eigenvalue weighted by atomic mass is 10.3. The van der Waals surface area contributed by atoms with E-state index in [1.807, 2.05) is 6.26 Å². The van der Waals surface area contributed by atoms with E-state index < -0.39 is 0 Å². The molecule has 0 aromatic carbocycles. The molecule has 2 nitrogen and oxygen atoms in total. The van der Waals surface area contributed by atoms with Gasteiger partial charge in [-0.15, -0.1) is 0 Å². The Morgan fingerprint density at radius 2 is 2.30 bits per heavy atom. The van der Waals surface area contributed by atoms with Crippen molar-refractivity contribution in [1.29, 1.82) is 0 Å². The van der Waals surface area contributed by atoms with Crippen molar-refractivity contribution in [2.24, 2.45) is 4.99 Å². The summed E-state index contributed by atoms with van der Waals surface area (Å²) in [6.07, 6.45) is 3.16. The smallest absolute Gasteiger partial charge is 0.156 e. The van der Waals surface area contributed by atoms with Crippen LogP contribution in [-0.4, -0.2) is 24.5 Å². The van der Waals surface area contributed by atoms with Gasteiger partial charge < -0.3 is 5.32 Å². The van der Waals surface area contributed by atoms with E-state index in [-0.39, 0.29) is 0 Å². The Hall–Kier alpha value is -0.180. The van der Waals surface area contributed by atoms with Crippen LogP contribution in [-0.2, 0) is 0 Å². The fraction of sp³-hybridized carbons (Fsp3) is 0.857. The summed E-state index contributed by atoms with van der Waals surface area (Å²) in [5.74, 6) is 0. The highest BCUT2D eigenvalue weighted by atomic mass is 32.2. The van der Waals surface area contributed by atoms with E-state index in [1.54, 1.807) is 18.8 Å². The standard InChI is InChI=1S/C7H16N2S/c1-5-6(2)9-7(8-3)10-4/h6H,5H2,1-4H3,(H,8,9). The lowest BCUT2D eigenvalue weighted by molar-refractivity contribution is 0.646. The van der Waals surface area contributed by atoms with E-state index in [9.17, 15) is 0 Å². The van der Waals surface area contributed by atoms with Gasteiger partial charge >= 0.3 is 0 Å². The maximum Gasteiger partial charge on any atom is 0.156 e. The van der Waals surface area contributed by atoms with Gasteiger partial charge in [0.2, 0.25) is 0 Å². The summed E-state index contributed by atoms with van der Waals surface area (Å²) in [5.41, 5.74) is 0. The molecule has 0 bridgehead atoms. The van der Waals surface area contributed by atoms with Crippen LogP contribution < -0.4 is 5.32 Å². The van der Waals surface area contributed by atoms with Gasteiger partial charge in [0.15, 0.2) is 5.17 Å². The molecule has 1 atom stereocenters. The van der Waals surface area contributed by atoms with Gasteiger partial charge in [-0.2, -0.15) is 0 Å². The van der Waals surface area contributed by atoms with E-state index in [4.69, 9.17) is 0 Å². The highest BCUT2D eigenvalue weighted by Crippen LogP contribution is 1.97. The van der Waals surface area contributed by atoms with Crippen LogP contribution >= 0.6 is 11.8 Å². The molecule has 1 N–H and O–H groups in total. The predicted molar refractivity (Wildman–Crippen MR) is 49.8 cm³/mol. The van der Waals surface area contributed by atoms with Crippen molar-refractivity contribution < 1.29 is 0 Å². The Morgan fingerprint density at radius 1 is 1.70 bits per heavy atom. The molecule has 0 aliphatic rings. The first-order valence-corrected chi connectivity index (χ1v) is 4.74. The Morgan fingerprint density at radius 3 is 2.60 bits per heavy atom. The maximum atomic E-state index is 4.06. The second-order valence-electron chi connectivity index (χ2n) is 2.19. The summed E-state index contributed by atoms with van der Waals surface area (Å²) in [6, 6.07) is 0.533. The van der Waals surface area contributed by atoms with E-state index >= 15 is 0 Å². The number of nitrogens with one attached hydrogen (secondary N) is 1. The zero-order valence-corrected chi connectivity index (χ0v) is 7.96.